The molecule has 1 aromatic heterocycles. The first kappa shape index (κ1) is 16.9. The highest BCUT2D eigenvalue weighted by atomic mass is 16.5. The maximum atomic E-state index is 12.5. The van der Waals surface area contributed by atoms with Crippen molar-refractivity contribution in [2.45, 2.75) is 69.7 Å². The molecule has 0 aromatic carbocycles. The number of nitrogens with zero attached hydrogens (tertiary/aromatic N) is 3. The van der Waals surface area contributed by atoms with Crippen LogP contribution in [0.3, 0.4) is 0 Å². The summed E-state index contributed by atoms with van der Waals surface area (Å²) in [5.41, 5.74) is 2.08. The number of fused-ring (bicyclic) bond motifs is 4. The third-order valence-electron chi connectivity index (χ3n) is 7.01. The van der Waals surface area contributed by atoms with Gasteiger partial charge in [-0.25, -0.2) is 4.68 Å². The van der Waals surface area contributed by atoms with Crippen LogP contribution in [0, 0.1) is 5.92 Å². The highest BCUT2D eigenvalue weighted by Gasteiger charge is 2.36. The standard InChI is InChI=1S/C20H30N4O2/c25-20-11-15-13-26-10-7-18(15)22-24(20)17-3-1-16(2-4-17)21-19-12-23-8-5-14(19)6-9-23/h11,14,16-17,19,21H,1-10,12-13H2. The van der Waals surface area contributed by atoms with Crippen molar-refractivity contribution < 1.29 is 4.74 Å². The molecule has 6 nitrogen and oxygen atoms in total. The lowest BCUT2D eigenvalue weighted by molar-refractivity contribution is 0.0624. The number of aromatic nitrogens is 2. The van der Waals surface area contributed by atoms with Crippen LogP contribution in [0.25, 0.3) is 0 Å². The van der Waals surface area contributed by atoms with E-state index in [9.17, 15) is 4.79 Å². The van der Waals surface area contributed by atoms with Gasteiger partial charge in [0.2, 0.25) is 0 Å². The van der Waals surface area contributed by atoms with Gasteiger partial charge in [0, 0.05) is 36.7 Å². The van der Waals surface area contributed by atoms with Crippen LogP contribution < -0.4 is 10.9 Å². The Hall–Kier alpha value is -1.24. The number of hydrogen-bond acceptors (Lipinski definition) is 5. The fraction of sp³-hybridized carbons (Fsp3) is 0.800. The Morgan fingerprint density at radius 2 is 1.92 bits per heavy atom. The molecule has 0 radical (unpaired) electrons. The van der Waals surface area contributed by atoms with Crippen LogP contribution in [0.2, 0.25) is 0 Å². The zero-order valence-corrected chi connectivity index (χ0v) is 15.5. The topological polar surface area (TPSA) is 59.4 Å². The van der Waals surface area contributed by atoms with Gasteiger partial charge in [0.25, 0.3) is 5.56 Å². The third kappa shape index (κ3) is 3.23. The Morgan fingerprint density at radius 3 is 2.65 bits per heavy atom. The van der Waals surface area contributed by atoms with E-state index in [4.69, 9.17) is 9.84 Å². The van der Waals surface area contributed by atoms with Gasteiger partial charge in [0.1, 0.15) is 0 Å². The molecule has 2 bridgehead atoms. The summed E-state index contributed by atoms with van der Waals surface area (Å²) in [4.78, 5) is 15.1. The van der Waals surface area contributed by atoms with Crippen molar-refractivity contribution in [1.82, 2.24) is 20.0 Å². The number of piperidine rings is 3. The molecule has 3 saturated heterocycles. The summed E-state index contributed by atoms with van der Waals surface area (Å²) in [5, 5.41) is 8.67. The second-order valence-electron chi connectivity index (χ2n) is 8.62. The lowest BCUT2D eigenvalue weighted by atomic mass is 9.82. The zero-order chi connectivity index (χ0) is 17.5. The average Bonchev–Trinajstić information content (AvgIpc) is 2.69. The van der Waals surface area contributed by atoms with Gasteiger partial charge in [0.15, 0.2) is 0 Å². The number of hydrogen-bond donors (Lipinski definition) is 1. The third-order valence-corrected chi connectivity index (χ3v) is 7.01. The van der Waals surface area contributed by atoms with E-state index in [2.05, 4.69) is 10.2 Å². The summed E-state index contributed by atoms with van der Waals surface area (Å²) in [6.07, 6.45) is 7.98. The van der Waals surface area contributed by atoms with E-state index in [0.717, 1.165) is 49.3 Å². The number of nitrogens with one attached hydrogen (secondary N) is 1. The van der Waals surface area contributed by atoms with Gasteiger partial charge in [0.05, 0.1) is 24.9 Å². The zero-order valence-electron chi connectivity index (χ0n) is 15.5. The highest BCUT2D eigenvalue weighted by Crippen LogP contribution is 2.31. The van der Waals surface area contributed by atoms with Crippen molar-refractivity contribution in [2.75, 3.05) is 26.2 Å². The summed E-state index contributed by atoms with van der Waals surface area (Å²) in [6.45, 7) is 5.09. The molecular weight excluding hydrogens is 328 g/mol. The second kappa shape index (κ2) is 7.06. The summed E-state index contributed by atoms with van der Waals surface area (Å²) < 4.78 is 7.22. The van der Waals surface area contributed by atoms with Gasteiger partial charge < -0.3 is 15.0 Å². The highest BCUT2D eigenvalue weighted by molar-refractivity contribution is 5.19. The van der Waals surface area contributed by atoms with Crippen molar-refractivity contribution in [2.24, 2.45) is 5.92 Å². The molecule has 5 aliphatic rings. The van der Waals surface area contributed by atoms with Crippen LogP contribution in [0.15, 0.2) is 10.9 Å². The monoisotopic (exact) mass is 358 g/mol. The van der Waals surface area contributed by atoms with E-state index in [-0.39, 0.29) is 11.6 Å². The van der Waals surface area contributed by atoms with Gasteiger partial charge >= 0.3 is 0 Å². The van der Waals surface area contributed by atoms with Gasteiger partial charge in [-0.05, 0) is 57.5 Å². The molecule has 1 atom stereocenters. The average molecular weight is 358 g/mol. The summed E-state index contributed by atoms with van der Waals surface area (Å²) in [6, 6.07) is 3.31. The van der Waals surface area contributed by atoms with Crippen molar-refractivity contribution in [3.05, 3.63) is 27.7 Å². The number of rotatable bonds is 3. The summed E-state index contributed by atoms with van der Waals surface area (Å²) in [7, 11) is 0. The summed E-state index contributed by atoms with van der Waals surface area (Å²) >= 11 is 0. The van der Waals surface area contributed by atoms with Gasteiger partial charge in [-0.1, -0.05) is 0 Å². The fourth-order valence-corrected chi connectivity index (χ4v) is 5.43. The molecule has 1 aliphatic carbocycles. The fourth-order valence-electron chi connectivity index (χ4n) is 5.43. The van der Waals surface area contributed by atoms with E-state index < -0.39 is 0 Å². The lowest BCUT2D eigenvalue weighted by Gasteiger charge is -2.47. The molecule has 5 heterocycles. The first-order valence-corrected chi connectivity index (χ1v) is 10.4. The number of ether oxygens (including phenoxy) is 1. The Balaban J connectivity index is 1.21. The van der Waals surface area contributed by atoms with Crippen LogP contribution in [0.5, 0.6) is 0 Å². The van der Waals surface area contributed by atoms with E-state index in [1.54, 1.807) is 10.7 Å². The van der Waals surface area contributed by atoms with E-state index in [0.29, 0.717) is 25.3 Å². The molecule has 1 unspecified atom stereocenters. The van der Waals surface area contributed by atoms with Crippen molar-refractivity contribution in [3.8, 4) is 0 Å². The maximum absolute atomic E-state index is 12.5. The minimum Gasteiger partial charge on any atom is -0.376 e. The molecular formula is C20H30N4O2. The Bertz CT molecular complexity index is 702. The second-order valence-corrected chi connectivity index (χ2v) is 8.62. The molecule has 0 spiro atoms. The normalized spacial score (nSPS) is 36.7. The van der Waals surface area contributed by atoms with Crippen LogP contribution >= 0.6 is 0 Å². The van der Waals surface area contributed by atoms with Gasteiger partial charge in [-0.2, -0.15) is 5.10 Å². The Labute approximate surface area is 154 Å². The van der Waals surface area contributed by atoms with Crippen molar-refractivity contribution in [1.29, 1.82) is 0 Å². The molecule has 4 fully saturated rings. The molecule has 142 valence electrons. The smallest absolute Gasteiger partial charge is 0.267 e. The molecule has 1 N–H and O–H groups in total. The molecule has 6 heteroatoms. The molecule has 1 aromatic rings. The molecule has 0 amide bonds. The summed E-state index contributed by atoms with van der Waals surface area (Å²) in [5.74, 6) is 0.880. The molecule has 26 heavy (non-hydrogen) atoms. The quantitative estimate of drug-likeness (QED) is 0.887. The minimum absolute atomic E-state index is 0.0445. The SMILES string of the molecule is O=c1cc2c(nn1C1CCC(NC3CN4CCC3CC4)CC1)CCOC2. The first-order chi connectivity index (χ1) is 12.8. The molecule has 6 rings (SSSR count). The lowest BCUT2D eigenvalue weighted by Crippen LogP contribution is -2.58. The first-order valence-electron chi connectivity index (χ1n) is 10.4. The van der Waals surface area contributed by atoms with Crippen LogP contribution in [-0.4, -0.2) is 53.0 Å². The Kier molecular flexibility index (Phi) is 4.59. The van der Waals surface area contributed by atoms with Crippen molar-refractivity contribution in [3.63, 3.8) is 0 Å². The largest absolute Gasteiger partial charge is 0.376 e. The van der Waals surface area contributed by atoms with Gasteiger partial charge in [-0.15, -0.1) is 0 Å². The van der Waals surface area contributed by atoms with Gasteiger partial charge in [-0.3, -0.25) is 4.79 Å². The van der Waals surface area contributed by atoms with E-state index in [1.807, 2.05) is 0 Å². The van der Waals surface area contributed by atoms with Crippen LogP contribution in [0.4, 0.5) is 0 Å². The van der Waals surface area contributed by atoms with Crippen molar-refractivity contribution >= 4 is 0 Å². The minimum atomic E-state index is 0.0445. The predicted molar refractivity (Wildman–Crippen MR) is 99.2 cm³/mol. The van der Waals surface area contributed by atoms with Crippen LogP contribution in [0.1, 0.15) is 55.8 Å². The van der Waals surface area contributed by atoms with Crippen LogP contribution in [-0.2, 0) is 17.8 Å². The van der Waals surface area contributed by atoms with E-state index >= 15 is 0 Å². The molecule has 4 aliphatic heterocycles. The maximum Gasteiger partial charge on any atom is 0.267 e. The van der Waals surface area contributed by atoms with E-state index in [1.165, 1.54) is 32.5 Å². The predicted octanol–water partition coefficient (Wildman–Crippen LogP) is 1.48. The molecule has 1 saturated carbocycles. The Morgan fingerprint density at radius 1 is 1.12 bits per heavy atom.